The molecular formula is C12H18N4S. The minimum absolute atomic E-state index is 0.905. The lowest BCUT2D eigenvalue weighted by Crippen LogP contribution is -2.11. The van der Waals surface area contributed by atoms with Crippen molar-refractivity contribution in [3.05, 3.63) is 23.0 Å². The van der Waals surface area contributed by atoms with E-state index in [1.807, 2.05) is 24.0 Å². The van der Waals surface area contributed by atoms with Gasteiger partial charge in [-0.2, -0.15) is 0 Å². The lowest BCUT2D eigenvalue weighted by atomic mass is 10.3. The standard InChI is InChI=1S/C12H18N4S/c1-4-9-10(8-13-5-2)17-12(15-9)11-14-6-7-16(11)3/h6-7,13H,4-5,8H2,1-3H3. The van der Waals surface area contributed by atoms with E-state index < -0.39 is 0 Å². The molecule has 17 heavy (non-hydrogen) atoms. The van der Waals surface area contributed by atoms with E-state index in [0.29, 0.717) is 0 Å². The van der Waals surface area contributed by atoms with Crippen molar-refractivity contribution in [3.8, 4) is 10.8 Å². The topological polar surface area (TPSA) is 42.7 Å². The van der Waals surface area contributed by atoms with Gasteiger partial charge in [0.15, 0.2) is 10.8 Å². The summed E-state index contributed by atoms with van der Waals surface area (Å²) in [5, 5.41) is 4.37. The Labute approximate surface area is 106 Å². The Morgan fingerprint density at radius 3 is 2.82 bits per heavy atom. The third-order valence-corrected chi connectivity index (χ3v) is 3.75. The lowest BCUT2D eigenvalue weighted by molar-refractivity contribution is 0.727. The van der Waals surface area contributed by atoms with Crippen LogP contribution >= 0.6 is 11.3 Å². The van der Waals surface area contributed by atoms with Crippen molar-refractivity contribution in [1.82, 2.24) is 19.9 Å². The maximum absolute atomic E-state index is 4.68. The van der Waals surface area contributed by atoms with Crippen molar-refractivity contribution in [2.75, 3.05) is 6.54 Å². The van der Waals surface area contributed by atoms with E-state index in [4.69, 9.17) is 0 Å². The zero-order valence-electron chi connectivity index (χ0n) is 10.5. The fourth-order valence-electron chi connectivity index (χ4n) is 1.70. The molecule has 2 aromatic rings. The van der Waals surface area contributed by atoms with Crippen LogP contribution in [0.3, 0.4) is 0 Å². The van der Waals surface area contributed by atoms with Crippen LogP contribution in [-0.4, -0.2) is 21.1 Å². The van der Waals surface area contributed by atoms with Crippen LogP contribution in [0, 0.1) is 0 Å². The molecule has 0 saturated carbocycles. The predicted molar refractivity (Wildman–Crippen MR) is 71.1 cm³/mol. The molecule has 0 radical (unpaired) electrons. The van der Waals surface area contributed by atoms with E-state index in [-0.39, 0.29) is 0 Å². The maximum atomic E-state index is 4.68. The number of nitrogens with one attached hydrogen (secondary N) is 1. The first-order valence-corrected chi connectivity index (χ1v) is 6.74. The molecule has 1 N–H and O–H groups in total. The van der Waals surface area contributed by atoms with Crippen LogP contribution in [-0.2, 0) is 20.0 Å². The molecule has 2 aromatic heterocycles. The van der Waals surface area contributed by atoms with Crippen LogP contribution in [0.1, 0.15) is 24.4 Å². The Morgan fingerprint density at radius 1 is 1.41 bits per heavy atom. The van der Waals surface area contributed by atoms with Gasteiger partial charge in [0.25, 0.3) is 0 Å². The zero-order chi connectivity index (χ0) is 12.3. The van der Waals surface area contributed by atoms with E-state index in [1.165, 1.54) is 10.6 Å². The summed E-state index contributed by atoms with van der Waals surface area (Å²) in [6.45, 7) is 6.15. The molecule has 4 nitrogen and oxygen atoms in total. The number of aryl methyl sites for hydroxylation is 2. The van der Waals surface area contributed by atoms with Crippen LogP contribution in [0.5, 0.6) is 0 Å². The molecule has 0 fully saturated rings. The van der Waals surface area contributed by atoms with E-state index >= 15 is 0 Å². The highest BCUT2D eigenvalue weighted by atomic mass is 32.1. The Bertz CT molecular complexity index is 486. The molecule has 0 spiro atoms. The molecule has 5 heteroatoms. The molecule has 0 amide bonds. The van der Waals surface area contributed by atoms with Crippen molar-refractivity contribution >= 4 is 11.3 Å². The van der Waals surface area contributed by atoms with Crippen LogP contribution in [0.2, 0.25) is 0 Å². The summed E-state index contributed by atoms with van der Waals surface area (Å²) in [5.41, 5.74) is 1.19. The largest absolute Gasteiger partial charge is 0.332 e. The number of rotatable bonds is 5. The quantitative estimate of drug-likeness (QED) is 0.884. The van der Waals surface area contributed by atoms with Gasteiger partial charge in [0, 0.05) is 30.9 Å². The van der Waals surface area contributed by atoms with Gasteiger partial charge in [0.1, 0.15) is 0 Å². The van der Waals surface area contributed by atoms with Gasteiger partial charge in [0.05, 0.1) is 5.69 Å². The Morgan fingerprint density at radius 2 is 2.24 bits per heavy atom. The summed E-state index contributed by atoms with van der Waals surface area (Å²) < 4.78 is 2.01. The summed E-state index contributed by atoms with van der Waals surface area (Å²) in [6.07, 6.45) is 4.74. The highest BCUT2D eigenvalue weighted by Crippen LogP contribution is 2.27. The van der Waals surface area contributed by atoms with Gasteiger partial charge >= 0.3 is 0 Å². The molecule has 0 atom stereocenters. The Balaban J connectivity index is 2.31. The summed E-state index contributed by atoms with van der Waals surface area (Å²) in [4.78, 5) is 10.4. The molecule has 2 rings (SSSR count). The van der Waals surface area contributed by atoms with Crippen molar-refractivity contribution < 1.29 is 0 Å². The van der Waals surface area contributed by atoms with Gasteiger partial charge in [-0.15, -0.1) is 11.3 Å². The maximum Gasteiger partial charge on any atom is 0.168 e. The van der Waals surface area contributed by atoms with Crippen LogP contribution < -0.4 is 5.32 Å². The molecule has 0 unspecified atom stereocenters. The molecule has 2 heterocycles. The summed E-state index contributed by atoms with van der Waals surface area (Å²) in [7, 11) is 2.00. The minimum Gasteiger partial charge on any atom is -0.332 e. The van der Waals surface area contributed by atoms with E-state index in [2.05, 4.69) is 29.1 Å². The fraction of sp³-hybridized carbons (Fsp3) is 0.500. The molecule has 0 bridgehead atoms. The number of thiazole rings is 1. The third kappa shape index (κ3) is 2.56. The minimum atomic E-state index is 0.905. The normalized spacial score (nSPS) is 11.0. The van der Waals surface area contributed by atoms with Gasteiger partial charge in [-0.25, -0.2) is 9.97 Å². The highest BCUT2D eigenvalue weighted by molar-refractivity contribution is 7.15. The van der Waals surface area contributed by atoms with Gasteiger partial charge in [-0.1, -0.05) is 13.8 Å². The van der Waals surface area contributed by atoms with Crippen molar-refractivity contribution in [2.45, 2.75) is 26.8 Å². The van der Waals surface area contributed by atoms with Gasteiger partial charge in [-0.3, -0.25) is 0 Å². The Kier molecular flexibility index (Phi) is 3.91. The predicted octanol–water partition coefficient (Wildman–Crippen LogP) is 2.22. The van der Waals surface area contributed by atoms with Gasteiger partial charge in [-0.05, 0) is 13.0 Å². The molecule has 0 aliphatic heterocycles. The number of aromatic nitrogens is 3. The van der Waals surface area contributed by atoms with Crippen LogP contribution in [0.4, 0.5) is 0 Å². The van der Waals surface area contributed by atoms with Crippen molar-refractivity contribution in [2.24, 2.45) is 7.05 Å². The molecule has 0 saturated heterocycles. The third-order valence-electron chi connectivity index (χ3n) is 2.66. The highest BCUT2D eigenvalue weighted by Gasteiger charge is 2.13. The number of hydrogen-bond donors (Lipinski definition) is 1. The first-order chi connectivity index (χ1) is 8.26. The second kappa shape index (κ2) is 5.42. The zero-order valence-corrected chi connectivity index (χ0v) is 11.3. The molecule has 0 aromatic carbocycles. The van der Waals surface area contributed by atoms with E-state index in [1.54, 1.807) is 11.3 Å². The number of hydrogen-bond acceptors (Lipinski definition) is 4. The molecule has 0 aliphatic carbocycles. The molecule has 0 aliphatic rings. The number of nitrogens with zero attached hydrogens (tertiary/aromatic N) is 3. The molecular weight excluding hydrogens is 232 g/mol. The van der Waals surface area contributed by atoms with E-state index in [9.17, 15) is 0 Å². The summed E-state index contributed by atoms with van der Waals surface area (Å²) >= 11 is 1.74. The summed E-state index contributed by atoms with van der Waals surface area (Å²) in [6, 6.07) is 0. The monoisotopic (exact) mass is 250 g/mol. The van der Waals surface area contributed by atoms with Crippen molar-refractivity contribution in [3.63, 3.8) is 0 Å². The average Bonchev–Trinajstić information content (AvgIpc) is 2.91. The van der Waals surface area contributed by atoms with Gasteiger partial charge < -0.3 is 9.88 Å². The SMILES string of the molecule is CCNCc1sc(-c2nccn2C)nc1CC. The Hall–Kier alpha value is -1.20. The van der Waals surface area contributed by atoms with Gasteiger partial charge in [0.2, 0.25) is 0 Å². The first-order valence-electron chi connectivity index (χ1n) is 5.93. The number of imidazole rings is 1. The first kappa shape index (κ1) is 12.3. The van der Waals surface area contributed by atoms with Crippen LogP contribution in [0.25, 0.3) is 10.8 Å². The van der Waals surface area contributed by atoms with E-state index in [0.717, 1.165) is 30.3 Å². The fourth-order valence-corrected chi connectivity index (χ4v) is 2.86. The molecule has 92 valence electrons. The van der Waals surface area contributed by atoms with Crippen LogP contribution in [0.15, 0.2) is 12.4 Å². The van der Waals surface area contributed by atoms with Crippen molar-refractivity contribution in [1.29, 1.82) is 0 Å². The average molecular weight is 250 g/mol. The second-order valence-corrected chi connectivity index (χ2v) is 4.97. The summed E-state index contributed by atoms with van der Waals surface area (Å²) in [5.74, 6) is 0.951. The smallest absolute Gasteiger partial charge is 0.168 e. The second-order valence-electron chi connectivity index (χ2n) is 3.88. The lowest BCUT2D eigenvalue weighted by Gasteiger charge is -1.99.